The van der Waals surface area contributed by atoms with Gasteiger partial charge < -0.3 is 19.6 Å². The second kappa shape index (κ2) is 9.63. The maximum atomic E-state index is 13.8. The van der Waals surface area contributed by atoms with Crippen molar-refractivity contribution in [3.05, 3.63) is 46.3 Å². The quantitative estimate of drug-likeness (QED) is 0.591. The van der Waals surface area contributed by atoms with Crippen LogP contribution in [-0.2, 0) is 22.6 Å². The second-order valence-electron chi connectivity index (χ2n) is 12.7. The maximum absolute atomic E-state index is 13.8. The maximum Gasteiger partial charge on any atom is 0.274 e. The van der Waals surface area contributed by atoms with E-state index in [-0.39, 0.29) is 30.3 Å². The number of rotatable bonds is 4. The molecule has 3 amide bonds. The lowest BCUT2D eigenvalue weighted by Crippen LogP contribution is -2.55. The molecule has 40 heavy (non-hydrogen) atoms. The zero-order valence-corrected chi connectivity index (χ0v) is 23.9. The van der Waals surface area contributed by atoms with Gasteiger partial charge in [0, 0.05) is 75.7 Å². The van der Waals surface area contributed by atoms with E-state index in [1.165, 1.54) is 16.8 Å². The van der Waals surface area contributed by atoms with Crippen LogP contribution in [0.15, 0.2) is 18.2 Å². The Balaban J connectivity index is 1.04. The Morgan fingerprint density at radius 2 is 1.80 bits per heavy atom. The number of piperazine rings is 1. The Hall–Kier alpha value is -3.36. The van der Waals surface area contributed by atoms with Gasteiger partial charge in [-0.3, -0.25) is 19.1 Å². The number of anilines is 1. The molecule has 1 saturated carbocycles. The van der Waals surface area contributed by atoms with Gasteiger partial charge in [-0.15, -0.1) is 0 Å². The van der Waals surface area contributed by atoms with Crippen LogP contribution in [0.1, 0.15) is 64.5 Å². The van der Waals surface area contributed by atoms with Gasteiger partial charge in [0.1, 0.15) is 6.54 Å². The summed E-state index contributed by atoms with van der Waals surface area (Å²) in [6.45, 7) is 8.87. The average Bonchev–Trinajstić information content (AvgIpc) is 3.49. The zero-order chi connectivity index (χ0) is 27.7. The monoisotopic (exact) mass is 544 g/mol. The summed E-state index contributed by atoms with van der Waals surface area (Å²) in [6.07, 6.45) is 4.28. The molecule has 1 aromatic heterocycles. The van der Waals surface area contributed by atoms with Gasteiger partial charge in [-0.05, 0) is 74.5 Å². The Kier molecular flexibility index (Phi) is 6.16. The van der Waals surface area contributed by atoms with E-state index in [4.69, 9.17) is 5.10 Å². The van der Waals surface area contributed by atoms with E-state index in [1.54, 1.807) is 0 Å². The molecule has 0 bridgehead atoms. The van der Waals surface area contributed by atoms with Crippen LogP contribution in [0.4, 0.5) is 5.69 Å². The number of carbonyl (C=O) groups is 3. The molecule has 3 aliphatic heterocycles. The van der Waals surface area contributed by atoms with Crippen molar-refractivity contribution in [1.82, 2.24) is 24.5 Å². The second-order valence-corrected chi connectivity index (χ2v) is 12.7. The number of likely N-dealkylation sites (tertiary alicyclic amines) is 2. The van der Waals surface area contributed by atoms with E-state index in [9.17, 15) is 14.4 Å². The molecule has 7 rings (SSSR count). The molecule has 4 fully saturated rings. The molecule has 212 valence electrons. The standard InChI is InChI=1S/C31H40N6O3/c1-19-5-4-6-24(20(19)2)34-11-13-35(14-12-34)28(39)18-37-26-16-22-15-23(22)29(26)30(32-37)31(40)36-10-9-25-21(17-36)7-8-27(38)33(25)3/h4-6,21-23,25H,7-18H2,1-3H3/t21-,22-,23-,25-/m1/s1. The summed E-state index contributed by atoms with van der Waals surface area (Å²) in [5, 5.41) is 4.84. The first-order chi connectivity index (χ1) is 19.3. The van der Waals surface area contributed by atoms with Crippen molar-refractivity contribution < 1.29 is 14.4 Å². The van der Waals surface area contributed by atoms with E-state index < -0.39 is 0 Å². The van der Waals surface area contributed by atoms with E-state index in [2.05, 4.69) is 36.9 Å². The fraction of sp³-hybridized carbons (Fsp3) is 0.613. The Morgan fingerprint density at radius 3 is 2.60 bits per heavy atom. The number of nitrogens with zero attached hydrogens (tertiary/aromatic N) is 6. The molecule has 5 aliphatic rings. The molecular formula is C31H40N6O3. The predicted molar refractivity (Wildman–Crippen MR) is 151 cm³/mol. The molecule has 2 aromatic rings. The lowest BCUT2D eigenvalue weighted by atomic mass is 9.83. The highest BCUT2D eigenvalue weighted by atomic mass is 16.2. The lowest BCUT2D eigenvalue weighted by Gasteiger charge is -2.45. The van der Waals surface area contributed by atoms with Crippen molar-refractivity contribution in [3.63, 3.8) is 0 Å². The minimum Gasteiger partial charge on any atom is -0.368 e. The van der Waals surface area contributed by atoms with E-state index in [1.807, 2.05) is 26.4 Å². The highest BCUT2D eigenvalue weighted by Crippen LogP contribution is 2.57. The molecule has 1 aromatic carbocycles. The molecular weight excluding hydrogens is 504 g/mol. The summed E-state index contributed by atoms with van der Waals surface area (Å²) in [6, 6.07) is 6.65. The predicted octanol–water partition coefficient (Wildman–Crippen LogP) is 2.59. The van der Waals surface area contributed by atoms with Gasteiger partial charge in [-0.1, -0.05) is 12.1 Å². The number of benzene rings is 1. The summed E-state index contributed by atoms with van der Waals surface area (Å²) in [7, 11) is 1.90. The Bertz CT molecular complexity index is 1380. The van der Waals surface area contributed by atoms with Crippen molar-refractivity contribution >= 4 is 23.4 Å². The summed E-state index contributed by atoms with van der Waals surface area (Å²) < 4.78 is 1.86. The van der Waals surface area contributed by atoms with Crippen molar-refractivity contribution in [2.24, 2.45) is 11.8 Å². The molecule has 9 nitrogen and oxygen atoms in total. The highest BCUT2D eigenvalue weighted by Gasteiger charge is 2.51. The first kappa shape index (κ1) is 25.6. The van der Waals surface area contributed by atoms with E-state index in [0.717, 1.165) is 50.0 Å². The number of amides is 3. The molecule has 2 aliphatic carbocycles. The largest absolute Gasteiger partial charge is 0.368 e. The smallest absolute Gasteiger partial charge is 0.274 e. The number of hydrogen-bond acceptors (Lipinski definition) is 5. The number of carbonyl (C=O) groups excluding carboxylic acids is 3. The third-order valence-electron chi connectivity index (χ3n) is 10.5. The van der Waals surface area contributed by atoms with Crippen LogP contribution in [0.3, 0.4) is 0 Å². The van der Waals surface area contributed by atoms with Gasteiger partial charge >= 0.3 is 0 Å². The lowest BCUT2D eigenvalue weighted by molar-refractivity contribution is -0.138. The molecule has 0 spiro atoms. The Morgan fingerprint density at radius 1 is 1.00 bits per heavy atom. The van der Waals surface area contributed by atoms with Gasteiger partial charge in [-0.2, -0.15) is 5.10 Å². The molecule has 3 saturated heterocycles. The Labute approximate surface area is 236 Å². The van der Waals surface area contributed by atoms with Crippen LogP contribution in [-0.4, -0.2) is 94.6 Å². The number of hydrogen-bond donors (Lipinski definition) is 0. The van der Waals surface area contributed by atoms with Crippen molar-refractivity contribution in [1.29, 1.82) is 0 Å². The third kappa shape index (κ3) is 4.20. The molecule has 0 unspecified atom stereocenters. The van der Waals surface area contributed by atoms with Crippen LogP contribution >= 0.6 is 0 Å². The van der Waals surface area contributed by atoms with Gasteiger partial charge in [0.2, 0.25) is 11.8 Å². The third-order valence-corrected chi connectivity index (χ3v) is 10.5. The van der Waals surface area contributed by atoms with E-state index >= 15 is 0 Å². The van der Waals surface area contributed by atoms with Crippen LogP contribution < -0.4 is 4.90 Å². The average molecular weight is 545 g/mol. The van der Waals surface area contributed by atoms with Crippen molar-refractivity contribution in [2.75, 3.05) is 51.2 Å². The van der Waals surface area contributed by atoms with Gasteiger partial charge in [0.15, 0.2) is 5.69 Å². The summed E-state index contributed by atoms with van der Waals surface area (Å²) in [4.78, 5) is 47.6. The first-order valence-corrected chi connectivity index (χ1v) is 15.0. The minimum atomic E-state index is 0.00939. The van der Waals surface area contributed by atoms with E-state index in [0.29, 0.717) is 56.0 Å². The summed E-state index contributed by atoms with van der Waals surface area (Å²) in [5.41, 5.74) is 6.64. The van der Waals surface area contributed by atoms with Crippen LogP contribution in [0.5, 0.6) is 0 Å². The zero-order valence-electron chi connectivity index (χ0n) is 23.9. The minimum absolute atomic E-state index is 0.00939. The van der Waals surface area contributed by atoms with Gasteiger partial charge in [0.25, 0.3) is 5.91 Å². The summed E-state index contributed by atoms with van der Waals surface area (Å²) in [5.74, 6) is 1.67. The van der Waals surface area contributed by atoms with Gasteiger partial charge in [0.05, 0.1) is 0 Å². The number of aromatic nitrogens is 2. The normalized spacial score (nSPS) is 27.4. The van der Waals surface area contributed by atoms with Crippen LogP contribution in [0.25, 0.3) is 0 Å². The van der Waals surface area contributed by atoms with Gasteiger partial charge in [-0.25, -0.2) is 0 Å². The molecule has 0 radical (unpaired) electrons. The van der Waals surface area contributed by atoms with Crippen LogP contribution in [0, 0.1) is 25.7 Å². The highest BCUT2D eigenvalue weighted by molar-refractivity contribution is 5.95. The molecule has 9 heteroatoms. The number of fused-ring (bicyclic) bond motifs is 4. The number of aryl methyl sites for hydroxylation is 1. The topological polar surface area (TPSA) is 82.0 Å². The fourth-order valence-electron chi connectivity index (χ4n) is 7.80. The molecule has 4 heterocycles. The SMILES string of the molecule is Cc1cccc(N2CCN(C(=O)Cn3nc(C(=O)N4CC[C@@H]5[C@H](CCC(=O)N5C)C4)c4c3C[C@H]3C[C@@H]43)CC2)c1C. The van der Waals surface area contributed by atoms with Crippen molar-refractivity contribution in [3.8, 4) is 0 Å². The molecule has 4 atom stereocenters. The first-order valence-electron chi connectivity index (χ1n) is 15.0. The number of piperidine rings is 2. The van der Waals surface area contributed by atoms with Crippen LogP contribution in [0.2, 0.25) is 0 Å². The van der Waals surface area contributed by atoms with Crippen molar-refractivity contribution in [2.45, 2.75) is 64.5 Å². The fourth-order valence-corrected chi connectivity index (χ4v) is 7.80. The molecule has 0 N–H and O–H groups in total. The summed E-state index contributed by atoms with van der Waals surface area (Å²) >= 11 is 0.